The minimum Gasteiger partial charge on any atom is -0.307 e. The molecule has 0 amide bonds. The maximum Gasteiger partial charge on any atom is 0.197 e. The van der Waals surface area contributed by atoms with Gasteiger partial charge in [0.1, 0.15) is 6.79 Å². The van der Waals surface area contributed by atoms with E-state index in [2.05, 4.69) is 25.1 Å². The van der Waals surface area contributed by atoms with Crippen molar-refractivity contribution in [3.63, 3.8) is 0 Å². The van der Waals surface area contributed by atoms with Crippen molar-refractivity contribution in [3.05, 3.63) is 0 Å². The monoisotopic (exact) mass is 126 g/mol. The molecule has 36 valence electrons. The molecule has 0 unspecified atom stereocenters. The zero-order valence-electron chi connectivity index (χ0n) is 2.75. The summed E-state index contributed by atoms with van der Waals surface area (Å²) in [7, 11) is 0. The molecule has 0 spiro atoms. The Hall–Kier alpha value is -0.290. The molecular formula is CH2O3S2. The van der Waals surface area contributed by atoms with Gasteiger partial charge in [-0.15, -0.1) is 0 Å². The van der Waals surface area contributed by atoms with E-state index in [1.807, 2.05) is 6.79 Å². The van der Waals surface area contributed by atoms with Crippen molar-refractivity contribution >= 4 is 31.9 Å². The molecule has 3 nitrogen and oxygen atoms in total. The molecule has 0 aromatic heterocycles. The lowest BCUT2D eigenvalue weighted by molar-refractivity contribution is -0.0979. The number of rotatable bonds is 0. The highest BCUT2D eigenvalue weighted by molar-refractivity contribution is 7.44. The molecule has 0 aliphatic rings. The highest BCUT2D eigenvalue weighted by Crippen LogP contribution is 0.560. The van der Waals surface area contributed by atoms with Crippen LogP contribution in [0, 0.1) is 0 Å². The fraction of sp³-hybridized carbons (Fsp3) is 0. The third-order valence-electron chi connectivity index (χ3n) is 0. The third-order valence-corrected chi connectivity index (χ3v) is 0. The molecule has 0 radical (unpaired) electrons. The molecular weight excluding hydrogens is 124 g/mol. The predicted octanol–water partition coefficient (Wildman–Crippen LogP) is -0.857. The summed E-state index contributed by atoms with van der Waals surface area (Å²) in [5.74, 6) is 0. The summed E-state index contributed by atoms with van der Waals surface area (Å²) in [6, 6.07) is 0. The van der Waals surface area contributed by atoms with Crippen molar-refractivity contribution in [2.24, 2.45) is 0 Å². The Morgan fingerprint density at radius 3 is 0.833 bits per heavy atom. The van der Waals surface area contributed by atoms with Gasteiger partial charge in [-0.1, -0.05) is 0 Å². The van der Waals surface area contributed by atoms with E-state index < -0.39 is 0 Å². The van der Waals surface area contributed by atoms with Crippen molar-refractivity contribution in [2.75, 3.05) is 0 Å². The molecule has 5 heteroatoms. The lowest BCUT2D eigenvalue weighted by atomic mass is 11.9. The quantitative estimate of drug-likeness (QED) is 0.423. The number of hydrogen-bond donors (Lipinski definition) is 0. The van der Waals surface area contributed by atoms with Crippen molar-refractivity contribution in [1.82, 2.24) is 0 Å². The second kappa shape index (κ2) is 771. The number of carbonyl (C=O) groups excluding carboxylic acids is 1. The van der Waals surface area contributed by atoms with Crippen LogP contribution in [-0.4, -0.2) is 15.2 Å². The smallest absolute Gasteiger partial charge is 0.197 e. The Bertz CT molecular complexity index is 13.5. The first-order valence-electron chi connectivity index (χ1n) is 0.622. The molecule has 0 aromatic carbocycles. The summed E-state index contributed by atoms with van der Waals surface area (Å²) >= 11 is 5.67. The van der Waals surface area contributed by atoms with Gasteiger partial charge >= 0.3 is 0 Å². The van der Waals surface area contributed by atoms with Crippen LogP contribution in [0.4, 0.5) is 0 Å². The summed E-state index contributed by atoms with van der Waals surface area (Å²) in [6.07, 6.45) is 0. The van der Waals surface area contributed by atoms with E-state index in [9.17, 15) is 0 Å². The summed E-state index contributed by atoms with van der Waals surface area (Å²) < 4.78 is 15.7. The Kier molecular flexibility index (Phi) is 2220. The average molecular weight is 126 g/mol. The van der Waals surface area contributed by atoms with Gasteiger partial charge in [0.25, 0.3) is 0 Å². The van der Waals surface area contributed by atoms with E-state index in [4.69, 9.17) is 13.2 Å². The van der Waals surface area contributed by atoms with Crippen LogP contribution in [0.15, 0.2) is 0 Å². The molecule has 0 aliphatic carbocycles. The van der Waals surface area contributed by atoms with Gasteiger partial charge in [0.2, 0.25) is 0 Å². The summed E-state index contributed by atoms with van der Waals surface area (Å²) in [5, 5.41) is 0. The van der Waals surface area contributed by atoms with Crippen LogP contribution in [0.3, 0.4) is 0 Å². The first-order valence-corrected chi connectivity index (χ1v) is 1.29. The van der Waals surface area contributed by atoms with Crippen LogP contribution in [0.5, 0.6) is 0 Å². The lowest BCUT2D eigenvalue weighted by Crippen LogP contribution is -0.925. The summed E-state index contributed by atoms with van der Waals surface area (Å²) in [6.45, 7) is 2.00. The van der Waals surface area contributed by atoms with Crippen LogP contribution in [0.1, 0.15) is 0 Å². The highest BCUT2D eigenvalue weighted by atomic mass is 32.1. The largest absolute Gasteiger partial charge is 0.307 e. The molecule has 0 heterocycles. The first kappa shape index (κ1) is 17.2. The lowest BCUT2D eigenvalue weighted by Gasteiger charge is -0.837. The topological polar surface area (TPSA) is 51.2 Å². The van der Waals surface area contributed by atoms with Gasteiger partial charge in [0, 0.05) is 0 Å². The maximum absolute atomic E-state index is 8.00. The third kappa shape index (κ3) is 324. The summed E-state index contributed by atoms with van der Waals surface area (Å²) in [5.41, 5.74) is 0. The van der Waals surface area contributed by atoms with Crippen molar-refractivity contribution in [3.8, 4) is 0 Å². The molecule has 0 saturated carbocycles. The molecule has 0 saturated heterocycles. The normalized spacial score (nSPS) is 2.00. The second-order valence-corrected chi connectivity index (χ2v) is 0. The summed E-state index contributed by atoms with van der Waals surface area (Å²) in [4.78, 5) is 8.00. The van der Waals surface area contributed by atoms with E-state index in [0.717, 1.165) is 0 Å². The van der Waals surface area contributed by atoms with Gasteiger partial charge in [-0.05, 0) is 0 Å². The van der Waals surface area contributed by atoms with Crippen LogP contribution in [0.25, 0.3) is 0 Å². The van der Waals surface area contributed by atoms with E-state index in [1.165, 1.54) is 0 Å². The van der Waals surface area contributed by atoms with Gasteiger partial charge in [-0.2, -0.15) is 8.42 Å². The Morgan fingerprint density at radius 1 is 0.833 bits per heavy atom. The zero-order valence-corrected chi connectivity index (χ0v) is 4.38. The van der Waals surface area contributed by atoms with E-state index >= 15 is 0 Å². The van der Waals surface area contributed by atoms with Gasteiger partial charge in [0.05, 0.1) is 0 Å². The van der Waals surface area contributed by atoms with Crippen LogP contribution < -0.4 is 0 Å². The van der Waals surface area contributed by atoms with Gasteiger partial charge in [0.15, 0.2) is 25.1 Å². The van der Waals surface area contributed by atoms with Crippen LogP contribution in [0.2, 0.25) is 0 Å². The molecule has 0 bridgehead atoms. The Labute approximate surface area is 45.8 Å². The molecule has 0 aliphatic heterocycles. The SMILES string of the molecule is C=O.O=S.O=S. The zero-order chi connectivity index (χ0) is 6.00. The molecule has 0 atom stereocenters. The highest BCUT2D eigenvalue weighted by Gasteiger charge is 0.736. The molecule has 6 heavy (non-hydrogen) atoms. The average Bonchev–Trinajstić information content (AvgIpc) is 1.81. The Balaban J connectivity index is -0.0000000225. The fourth-order valence-electron chi connectivity index (χ4n) is 0. The van der Waals surface area contributed by atoms with Gasteiger partial charge < -0.3 is 4.79 Å². The molecule has 0 rings (SSSR count). The van der Waals surface area contributed by atoms with Crippen molar-refractivity contribution in [2.45, 2.75) is 0 Å². The van der Waals surface area contributed by atoms with Crippen molar-refractivity contribution in [1.29, 1.82) is 0 Å². The minimum absolute atomic E-state index is 2.00. The second-order valence-electron chi connectivity index (χ2n) is 0. The van der Waals surface area contributed by atoms with Crippen LogP contribution >= 0.6 is 0 Å². The van der Waals surface area contributed by atoms with E-state index in [-0.39, 0.29) is 0 Å². The Morgan fingerprint density at radius 2 is 0.833 bits per heavy atom. The predicted molar refractivity (Wildman–Crippen MR) is 23.4 cm³/mol. The van der Waals surface area contributed by atoms with E-state index in [0.29, 0.717) is 0 Å². The van der Waals surface area contributed by atoms with Crippen molar-refractivity contribution < 1.29 is 13.2 Å². The number of carbonyl (C=O) groups is 1. The first-order chi connectivity index (χ1) is 3.00. The van der Waals surface area contributed by atoms with Gasteiger partial charge in [-0.3, -0.25) is 0 Å². The number of hydrogen-bond acceptors (Lipinski definition) is 5. The fourth-order valence-corrected chi connectivity index (χ4v) is 0. The van der Waals surface area contributed by atoms with Crippen LogP contribution in [-0.2, 0) is 29.9 Å². The standard InChI is InChI=1S/CH2O.2OS/c3*1-2/h1H2;;. The minimum atomic E-state index is 2.00. The molecule has 0 fully saturated rings. The molecule has 0 N–H and O–H groups in total. The molecule has 0 aromatic rings. The van der Waals surface area contributed by atoms with E-state index in [1.54, 1.807) is 0 Å². The van der Waals surface area contributed by atoms with Gasteiger partial charge in [-0.25, -0.2) is 0 Å². The maximum atomic E-state index is 8.00.